The van der Waals surface area contributed by atoms with Crippen molar-refractivity contribution in [1.82, 2.24) is 0 Å². The molecule has 1 aromatic rings. The Hall–Kier alpha value is -0.760. The van der Waals surface area contributed by atoms with Crippen molar-refractivity contribution >= 4 is 11.6 Å². The lowest BCUT2D eigenvalue weighted by atomic mass is 10.2. The van der Waals surface area contributed by atoms with Gasteiger partial charge in [-0.25, -0.2) is 4.39 Å². The van der Waals surface area contributed by atoms with Gasteiger partial charge in [0.1, 0.15) is 17.2 Å². The minimum atomic E-state index is -0.268. The van der Waals surface area contributed by atoms with E-state index in [1.165, 1.54) is 12.1 Å². The molecule has 0 spiro atoms. The molecule has 0 unspecified atom stereocenters. The van der Waals surface area contributed by atoms with Gasteiger partial charge >= 0.3 is 0 Å². The summed E-state index contributed by atoms with van der Waals surface area (Å²) in [5, 5.41) is 0. The zero-order valence-electron chi connectivity index (χ0n) is 8.02. The monoisotopic (exact) mass is 214 g/mol. The van der Waals surface area contributed by atoms with Crippen LogP contribution in [-0.2, 0) is 0 Å². The number of hydrogen-bond acceptors (Lipinski definition) is 1. The second-order valence-corrected chi connectivity index (χ2v) is 4.10. The van der Waals surface area contributed by atoms with E-state index in [4.69, 9.17) is 16.3 Å². The first kappa shape index (κ1) is 9.78. The minimum absolute atomic E-state index is 0.222. The number of halogens is 2. The zero-order valence-corrected chi connectivity index (χ0v) is 8.77. The van der Waals surface area contributed by atoms with Gasteiger partial charge in [0.2, 0.25) is 0 Å². The minimum Gasteiger partial charge on any atom is -0.486 e. The fourth-order valence-electron chi connectivity index (χ4n) is 1.32. The van der Waals surface area contributed by atoms with Gasteiger partial charge in [0.05, 0.1) is 5.88 Å². The van der Waals surface area contributed by atoms with E-state index in [1.54, 1.807) is 6.07 Å². The maximum Gasteiger partial charge on any atom is 0.126 e. The van der Waals surface area contributed by atoms with Crippen molar-refractivity contribution in [3.63, 3.8) is 0 Å². The lowest BCUT2D eigenvalue weighted by Gasteiger charge is -2.16. The van der Waals surface area contributed by atoms with Crippen LogP contribution in [0.5, 0.6) is 5.75 Å². The van der Waals surface area contributed by atoms with Crippen molar-refractivity contribution in [3.8, 4) is 5.75 Å². The SMILES string of the molecule is Cc1ccc(F)cc1OC1(CCl)CC1. The van der Waals surface area contributed by atoms with Gasteiger partial charge in [0.15, 0.2) is 0 Å². The molecule has 0 atom stereocenters. The molecular weight excluding hydrogens is 203 g/mol. The molecule has 2 rings (SSSR count). The second-order valence-electron chi connectivity index (χ2n) is 3.83. The number of benzene rings is 1. The Morgan fingerprint density at radius 3 is 2.79 bits per heavy atom. The highest BCUT2D eigenvalue weighted by Gasteiger charge is 2.45. The third kappa shape index (κ3) is 1.85. The summed E-state index contributed by atoms with van der Waals surface area (Å²) in [4.78, 5) is 0. The Balaban J connectivity index is 2.20. The largest absolute Gasteiger partial charge is 0.486 e. The van der Waals surface area contributed by atoms with E-state index in [0.717, 1.165) is 18.4 Å². The topological polar surface area (TPSA) is 9.23 Å². The van der Waals surface area contributed by atoms with Crippen LogP contribution in [0.1, 0.15) is 18.4 Å². The summed E-state index contributed by atoms with van der Waals surface area (Å²) < 4.78 is 18.6. The average molecular weight is 215 g/mol. The molecule has 1 aliphatic carbocycles. The van der Waals surface area contributed by atoms with Crippen LogP contribution in [0.4, 0.5) is 4.39 Å². The second kappa shape index (κ2) is 3.43. The first-order valence-electron chi connectivity index (χ1n) is 4.66. The van der Waals surface area contributed by atoms with E-state index in [9.17, 15) is 4.39 Å². The Bertz CT molecular complexity index is 347. The first-order chi connectivity index (χ1) is 6.65. The van der Waals surface area contributed by atoms with Crippen LogP contribution in [-0.4, -0.2) is 11.5 Å². The van der Waals surface area contributed by atoms with Crippen molar-refractivity contribution < 1.29 is 9.13 Å². The van der Waals surface area contributed by atoms with E-state index in [0.29, 0.717) is 11.6 Å². The van der Waals surface area contributed by atoms with Gasteiger partial charge in [-0.05, 0) is 31.4 Å². The van der Waals surface area contributed by atoms with Crippen LogP contribution in [0.15, 0.2) is 18.2 Å². The molecule has 1 saturated carbocycles. The quantitative estimate of drug-likeness (QED) is 0.702. The molecule has 0 amide bonds. The summed E-state index contributed by atoms with van der Waals surface area (Å²) >= 11 is 5.78. The maximum atomic E-state index is 12.9. The molecule has 14 heavy (non-hydrogen) atoms. The van der Waals surface area contributed by atoms with Crippen molar-refractivity contribution in [2.45, 2.75) is 25.4 Å². The first-order valence-corrected chi connectivity index (χ1v) is 5.20. The Kier molecular flexibility index (Phi) is 2.40. The van der Waals surface area contributed by atoms with Crippen molar-refractivity contribution in [2.24, 2.45) is 0 Å². The molecule has 0 bridgehead atoms. The Morgan fingerprint density at radius 2 is 2.21 bits per heavy atom. The van der Waals surface area contributed by atoms with Gasteiger partial charge in [-0.2, -0.15) is 0 Å². The molecule has 0 aliphatic heterocycles. The van der Waals surface area contributed by atoms with Gasteiger partial charge in [0, 0.05) is 6.07 Å². The third-order valence-electron chi connectivity index (χ3n) is 2.53. The molecule has 1 nitrogen and oxygen atoms in total. The Labute approximate surface area is 87.8 Å². The van der Waals surface area contributed by atoms with E-state index in [-0.39, 0.29) is 11.4 Å². The number of aryl methyl sites for hydroxylation is 1. The molecule has 1 aromatic carbocycles. The van der Waals surface area contributed by atoms with Crippen molar-refractivity contribution in [1.29, 1.82) is 0 Å². The number of rotatable bonds is 3. The summed E-state index contributed by atoms with van der Waals surface area (Å²) in [5.41, 5.74) is 0.725. The summed E-state index contributed by atoms with van der Waals surface area (Å²) in [6.45, 7) is 1.90. The molecule has 3 heteroatoms. The van der Waals surface area contributed by atoms with E-state index in [2.05, 4.69) is 0 Å². The lowest BCUT2D eigenvalue weighted by Crippen LogP contribution is -2.20. The lowest BCUT2D eigenvalue weighted by molar-refractivity contribution is 0.201. The van der Waals surface area contributed by atoms with E-state index < -0.39 is 0 Å². The molecule has 0 N–H and O–H groups in total. The molecule has 0 saturated heterocycles. The van der Waals surface area contributed by atoms with E-state index in [1.807, 2.05) is 6.92 Å². The van der Waals surface area contributed by atoms with Crippen molar-refractivity contribution in [3.05, 3.63) is 29.6 Å². The summed E-state index contributed by atoms with van der Waals surface area (Å²) in [7, 11) is 0. The maximum absolute atomic E-state index is 12.9. The van der Waals surface area contributed by atoms with Crippen LogP contribution in [0.2, 0.25) is 0 Å². The fraction of sp³-hybridized carbons (Fsp3) is 0.455. The predicted octanol–water partition coefficient (Wildman–Crippen LogP) is 3.28. The highest BCUT2D eigenvalue weighted by molar-refractivity contribution is 6.18. The summed E-state index contributed by atoms with van der Waals surface area (Å²) in [6, 6.07) is 4.57. The third-order valence-corrected chi connectivity index (χ3v) is 3.01. The highest BCUT2D eigenvalue weighted by atomic mass is 35.5. The Morgan fingerprint density at radius 1 is 1.50 bits per heavy atom. The summed E-state index contributed by atoms with van der Waals surface area (Å²) in [5.74, 6) is 0.822. The highest BCUT2D eigenvalue weighted by Crippen LogP contribution is 2.42. The number of hydrogen-bond donors (Lipinski definition) is 0. The van der Waals surface area contributed by atoms with Gasteiger partial charge in [-0.1, -0.05) is 6.07 Å². The predicted molar refractivity (Wildman–Crippen MR) is 54.5 cm³/mol. The summed E-state index contributed by atoms with van der Waals surface area (Å²) in [6.07, 6.45) is 1.93. The smallest absolute Gasteiger partial charge is 0.126 e. The van der Waals surface area contributed by atoms with Crippen LogP contribution in [0.3, 0.4) is 0 Å². The number of alkyl halides is 1. The van der Waals surface area contributed by atoms with Crippen LogP contribution in [0.25, 0.3) is 0 Å². The van der Waals surface area contributed by atoms with Gasteiger partial charge < -0.3 is 4.74 Å². The fourth-order valence-corrected chi connectivity index (χ4v) is 1.64. The molecule has 76 valence electrons. The van der Waals surface area contributed by atoms with Gasteiger partial charge in [-0.3, -0.25) is 0 Å². The van der Waals surface area contributed by atoms with Gasteiger partial charge in [0.25, 0.3) is 0 Å². The molecule has 0 radical (unpaired) electrons. The molecule has 1 fully saturated rings. The number of ether oxygens (including phenoxy) is 1. The molecular formula is C11H12ClFO. The normalized spacial score (nSPS) is 17.9. The van der Waals surface area contributed by atoms with Crippen LogP contribution < -0.4 is 4.74 Å². The zero-order chi connectivity index (χ0) is 10.2. The van der Waals surface area contributed by atoms with E-state index >= 15 is 0 Å². The van der Waals surface area contributed by atoms with Crippen LogP contribution >= 0.6 is 11.6 Å². The van der Waals surface area contributed by atoms with Crippen LogP contribution in [0, 0.1) is 12.7 Å². The van der Waals surface area contributed by atoms with Crippen molar-refractivity contribution in [2.75, 3.05) is 5.88 Å². The molecule has 1 aliphatic rings. The standard InChI is InChI=1S/C11H12ClFO/c1-8-2-3-9(13)6-10(8)14-11(7-12)4-5-11/h2-3,6H,4-5,7H2,1H3. The molecule has 0 heterocycles. The molecule has 0 aromatic heterocycles. The van der Waals surface area contributed by atoms with Gasteiger partial charge in [-0.15, -0.1) is 11.6 Å². The average Bonchev–Trinajstić information content (AvgIpc) is 2.92.